The van der Waals surface area contributed by atoms with E-state index >= 15 is 0 Å². The number of sulfonamides is 2. The summed E-state index contributed by atoms with van der Waals surface area (Å²) in [5.74, 6) is -2.70. The SMILES string of the molecule is CS(=O)(=O)N(c1cc2ccccc2s1)S(=O)(=O)CCc1ccc(F)c(F)c1. The normalized spacial score (nSPS) is 12.4. The van der Waals surface area contributed by atoms with Gasteiger partial charge in [-0.15, -0.1) is 11.3 Å². The van der Waals surface area contributed by atoms with Crippen molar-refractivity contribution in [1.82, 2.24) is 0 Å². The largest absolute Gasteiger partial charge is 0.249 e. The molecule has 0 saturated carbocycles. The molecule has 0 fully saturated rings. The van der Waals surface area contributed by atoms with Gasteiger partial charge in [0.15, 0.2) is 11.6 Å². The summed E-state index contributed by atoms with van der Waals surface area (Å²) < 4.78 is 77.4. The van der Waals surface area contributed by atoms with Gasteiger partial charge in [-0.2, -0.15) is 3.71 Å². The van der Waals surface area contributed by atoms with Crippen LogP contribution in [-0.2, 0) is 26.5 Å². The fourth-order valence-electron chi connectivity index (χ4n) is 2.59. The Balaban J connectivity index is 1.95. The number of hydrogen-bond donors (Lipinski definition) is 0. The number of rotatable bonds is 6. The Bertz CT molecular complexity index is 1170. The molecule has 0 amide bonds. The number of benzene rings is 2. The van der Waals surface area contributed by atoms with Gasteiger partial charge in [0, 0.05) is 4.70 Å². The van der Waals surface area contributed by atoms with Crippen LogP contribution in [0.3, 0.4) is 0 Å². The van der Waals surface area contributed by atoms with Crippen molar-refractivity contribution in [1.29, 1.82) is 0 Å². The maximum absolute atomic E-state index is 13.3. The van der Waals surface area contributed by atoms with Crippen molar-refractivity contribution in [2.75, 3.05) is 15.7 Å². The van der Waals surface area contributed by atoms with Gasteiger partial charge in [-0.3, -0.25) is 0 Å². The first kappa shape index (κ1) is 19.7. The quantitative estimate of drug-likeness (QED) is 0.599. The number of nitrogens with zero attached hydrogens (tertiary/aromatic N) is 1. The summed E-state index contributed by atoms with van der Waals surface area (Å²) in [5.41, 5.74) is 0.252. The molecule has 3 aromatic rings. The van der Waals surface area contributed by atoms with Crippen LogP contribution in [0, 0.1) is 11.6 Å². The van der Waals surface area contributed by atoms with E-state index in [1.807, 2.05) is 0 Å². The molecule has 0 aliphatic heterocycles. The molecule has 0 bridgehead atoms. The Morgan fingerprint density at radius 2 is 1.67 bits per heavy atom. The van der Waals surface area contributed by atoms with Crippen LogP contribution >= 0.6 is 11.3 Å². The molecule has 0 saturated heterocycles. The minimum absolute atomic E-state index is 0.0592. The highest BCUT2D eigenvalue weighted by molar-refractivity contribution is 8.10. The van der Waals surface area contributed by atoms with Crippen LogP contribution in [-0.4, -0.2) is 28.8 Å². The van der Waals surface area contributed by atoms with E-state index < -0.39 is 37.4 Å². The molecular weight excluding hydrogens is 416 g/mol. The predicted molar refractivity (Wildman–Crippen MR) is 103 cm³/mol. The third kappa shape index (κ3) is 4.28. The number of hydrogen-bond acceptors (Lipinski definition) is 5. The summed E-state index contributed by atoms with van der Waals surface area (Å²) in [6, 6.07) is 11.6. The molecule has 2 aromatic carbocycles. The summed E-state index contributed by atoms with van der Waals surface area (Å²) in [5, 5.41) is 0.783. The minimum Gasteiger partial charge on any atom is -0.206 e. The van der Waals surface area contributed by atoms with Crippen molar-refractivity contribution in [3.8, 4) is 0 Å². The first-order chi connectivity index (χ1) is 12.6. The molecule has 0 spiro atoms. The Morgan fingerprint density at radius 3 is 2.30 bits per heavy atom. The molecular formula is C17H15F2NO4S3. The topological polar surface area (TPSA) is 71.5 Å². The minimum atomic E-state index is -4.26. The lowest BCUT2D eigenvalue weighted by atomic mass is 10.2. The lowest BCUT2D eigenvalue weighted by Gasteiger charge is -2.20. The van der Waals surface area contributed by atoms with Crippen LogP contribution in [0.25, 0.3) is 10.1 Å². The lowest BCUT2D eigenvalue weighted by molar-refractivity contribution is 0.507. The van der Waals surface area contributed by atoms with Crippen LogP contribution < -0.4 is 3.71 Å². The molecule has 1 aromatic heterocycles. The zero-order valence-electron chi connectivity index (χ0n) is 14.1. The summed E-state index contributed by atoms with van der Waals surface area (Å²) in [4.78, 5) is 0. The van der Waals surface area contributed by atoms with Gasteiger partial charge in [0.2, 0.25) is 20.0 Å². The van der Waals surface area contributed by atoms with Gasteiger partial charge >= 0.3 is 0 Å². The van der Waals surface area contributed by atoms with Gasteiger partial charge in [-0.05, 0) is 41.6 Å². The summed E-state index contributed by atoms with van der Waals surface area (Å²) in [6.45, 7) is 0. The maximum Gasteiger partial charge on any atom is 0.249 e. The highest BCUT2D eigenvalue weighted by Gasteiger charge is 2.32. The van der Waals surface area contributed by atoms with Crippen molar-refractivity contribution >= 4 is 46.5 Å². The van der Waals surface area contributed by atoms with Gasteiger partial charge in [-0.25, -0.2) is 25.6 Å². The van der Waals surface area contributed by atoms with Crippen LogP contribution in [0.5, 0.6) is 0 Å². The third-order valence-electron chi connectivity index (χ3n) is 3.78. The monoisotopic (exact) mass is 431 g/mol. The number of thiophene rings is 1. The lowest BCUT2D eigenvalue weighted by Crippen LogP contribution is -2.37. The molecule has 1 heterocycles. The van der Waals surface area contributed by atoms with E-state index in [1.54, 1.807) is 24.3 Å². The zero-order chi connectivity index (χ0) is 19.8. The number of aryl methyl sites for hydroxylation is 1. The Kier molecular flexibility index (Phi) is 5.24. The van der Waals surface area contributed by atoms with E-state index in [1.165, 1.54) is 12.1 Å². The van der Waals surface area contributed by atoms with Crippen molar-refractivity contribution in [2.24, 2.45) is 0 Å². The van der Waals surface area contributed by atoms with Crippen molar-refractivity contribution in [3.63, 3.8) is 0 Å². The highest BCUT2D eigenvalue weighted by Crippen LogP contribution is 2.35. The van der Waals surface area contributed by atoms with Crippen molar-refractivity contribution < 1.29 is 25.6 Å². The van der Waals surface area contributed by atoms with Crippen LogP contribution in [0.1, 0.15) is 5.56 Å². The Labute approximate surface area is 160 Å². The third-order valence-corrected chi connectivity index (χ3v) is 8.83. The molecule has 5 nitrogen and oxygen atoms in total. The standard InChI is InChI=1S/C17H15F2NO4S3/c1-26(21,22)20(17-11-13-4-2-3-5-16(13)25-17)27(23,24)9-8-12-6-7-14(18)15(19)10-12/h2-7,10-11H,8-9H2,1H3. The zero-order valence-corrected chi connectivity index (χ0v) is 16.5. The van der Waals surface area contributed by atoms with Crippen molar-refractivity contribution in [3.05, 3.63) is 65.7 Å². The molecule has 0 atom stereocenters. The smallest absolute Gasteiger partial charge is 0.206 e. The highest BCUT2D eigenvalue weighted by atomic mass is 32.3. The first-order valence-corrected chi connectivity index (χ1v) is 12.0. The molecule has 3 rings (SSSR count). The molecule has 0 radical (unpaired) electrons. The number of fused-ring (bicyclic) bond motifs is 1. The number of halogens is 2. The predicted octanol–water partition coefficient (Wildman–Crippen LogP) is 3.52. The summed E-state index contributed by atoms with van der Waals surface area (Å²) in [7, 11) is -8.38. The fourth-order valence-corrected chi connectivity index (χ4v) is 7.68. The van der Waals surface area contributed by atoms with E-state index in [0.717, 1.165) is 39.8 Å². The second-order valence-corrected chi connectivity index (χ2v) is 11.0. The van der Waals surface area contributed by atoms with Crippen LogP contribution in [0.2, 0.25) is 0 Å². The number of anilines is 1. The van der Waals surface area contributed by atoms with Gasteiger partial charge in [-0.1, -0.05) is 24.3 Å². The molecule has 10 heteroatoms. The van der Waals surface area contributed by atoms with Crippen LogP contribution in [0.15, 0.2) is 48.5 Å². The average Bonchev–Trinajstić information content (AvgIpc) is 2.97. The maximum atomic E-state index is 13.3. The summed E-state index contributed by atoms with van der Waals surface area (Å²) in [6.07, 6.45) is 0.656. The summed E-state index contributed by atoms with van der Waals surface area (Å²) >= 11 is 1.04. The van der Waals surface area contributed by atoms with Gasteiger partial charge in [0.05, 0.1) is 12.0 Å². The molecule has 0 aliphatic carbocycles. The van der Waals surface area contributed by atoms with Gasteiger partial charge < -0.3 is 0 Å². The molecule has 0 aliphatic rings. The Hall–Kier alpha value is -2.04. The van der Waals surface area contributed by atoms with E-state index in [-0.39, 0.29) is 17.0 Å². The molecule has 0 unspecified atom stereocenters. The van der Waals surface area contributed by atoms with Crippen LogP contribution in [0.4, 0.5) is 13.8 Å². The van der Waals surface area contributed by atoms with Gasteiger partial charge in [0.25, 0.3) is 0 Å². The fraction of sp³-hybridized carbons (Fsp3) is 0.176. The van der Waals surface area contributed by atoms with E-state index in [0.29, 0.717) is 3.71 Å². The second kappa shape index (κ2) is 7.17. The second-order valence-electron chi connectivity index (χ2n) is 5.90. The van der Waals surface area contributed by atoms with Crippen molar-refractivity contribution in [2.45, 2.75) is 6.42 Å². The molecule has 27 heavy (non-hydrogen) atoms. The van der Waals surface area contributed by atoms with Gasteiger partial charge in [0.1, 0.15) is 5.00 Å². The molecule has 144 valence electrons. The first-order valence-electron chi connectivity index (χ1n) is 7.73. The van der Waals surface area contributed by atoms with E-state index in [4.69, 9.17) is 0 Å². The average molecular weight is 432 g/mol. The van der Waals surface area contributed by atoms with E-state index in [2.05, 4.69) is 0 Å². The van der Waals surface area contributed by atoms with E-state index in [9.17, 15) is 25.6 Å². The Morgan fingerprint density at radius 1 is 0.963 bits per heavy atom. The molecule has 0 N–H and O–H groups in total.